The molecule has 0 radical (unpaired) electrons. The maximum Gasteiger partial charge on any atom is 0.469 e. The number of phosphoric ester groups is 1. The van der Waals surface area contributed by atoms with Crippen LogP contribution in [0.5, 0.6) is 0 Å². The third-order valence-electron chi connectivity index (χ3n) is 7.36. The molecule has 0 aromatic heterocycles. The van der Waals surface area contributed by atoms with E-state index in [1.807, 2.05) is 54.7 Å². The second kappa shape index (κ2) is 37.2. The van der Waals surface area contributed by atoms with E-state index in [4.69, 9.17) is 19.3 Å². The smallest absolute Gasteiger partial charge is 0.458 e. The number of phosphoric acid groups is 1. The second-order valence-corrected chi connectivity index (χ2v) is 13.4. The number of esters is 2. The summed E-state index contributed by atoms with van der Waals surface area (Å²) < 4.78 is 25.8. The molecule has 0 aromatic rings. The van der Waals surface area contributed by atoms with Crippen molar-refractivity contribution in [2.24, 2.45) is 0 Å². The second-order valence-electron chi connectivity index (χ2n) is 12.2. The Labute approximate surface area is 314 Å². The molecule has 52 heavy (non-hydrogen) atoms. The van der Waals surface area contributed by atoms with Crippen LogP contribution >= 0.6 is 7.82 Å². The SMILES string of the molecule is CCCCCCCCC/C=C/C=C/C=C/C=C/C=C/C(=O)OCC(COP(=O)(O)O)OC(=O)/C=C/C=C/C=C/C=C/C=C/CCCCCCCCC. The van der Waals surface area contributed by atoms with E-state index in [0.717, 1.165) is 18.9 Å². The quantitative estimate of drug-likeness (QED) is 0.0230. The minimum atomic E-state index is -4.83. The number of ether oxygens (including phenoxy) is 2. The summed E-state index contributed by atoms with van der Waals surface area (Å²) in [5.74, 6) is -1.52. The van der Waals surface area contributed by atoms with Crippen molar-refractivity contribution in [1.82, 2.24) is 0 Å². The van der Waals surface area contributed by atoms with Crippen molar-refractivity contribution < 1.29 is 37.9 Å². The van der Waals surface area contributed by atoms with E-state index in [9.17, 15) is 14.2 Å². The van der Waals surface area contributed by atoms with E-state index < -0.39 is 39.1 Å². The molecule has 290 valence electrons. The van der Waals surface area contributed by atoms with Crippen molar-refractivity contribution in [2.45, 2.75) is 123 Å². The number of hydrogen-bond acceptors (Lipinski definition) is 6. The fourth-order valence-corrected chi connectivity index (χ4v) is 4.91. The van der Waals surface area contributed by atoms with E-state index in [1.54, 1.807) is 30.4 Å². The molecule has 0 aliphatic rings. The fraction of sp³-hybridized carbons (Fsp3) is 0.488. The average molecular weight is 741 g/mol. The summed E-state index contributed by atoms with van der Waals surface area (Å²) in [5, 5.41) is 0. The van der Waals surface area contributed by atoms with Crippen LogP contribution in [-0.2, 0) is 28.2 Å². The Bertz CT molecular complexity index is 1240. The van der Waals surface area contributed by atoms with Crippen molar-refractivity contribution in [3.8, 4) is 0 Å². The molecule has 0 saturated heterocycles. The van der Waals surface area contributed by atoms with Crippen molar-refractivity contribution in [2.75, 3.05) is 13.2 Å². The highest BCUT2D eigenvalue weighted by molar-refractivity contribution is 7.46. The van der Waals surface area contributed by atoms with Gasteiger partial charge < -0.3 is 19.3 Å². The Hall–Kier alpha value is -3.55. The van der Waals surface area contributed by atoms with Gasteiger partial charge in [0, 0.05) is 12.2 Å². The molecular formula is C43H65O8P. The molecule has 1 atom stereocenters. The first-order valence-corrected chi connectivity index (χ1v) is 20.5. The van der Waals surface area contributed by atoms with E-state index in [2.05, 4.69) is 30.5 Å². The lowest BCUT2D eigenvalue weighted by atomic mass is 10.1. The molecule has 0 amide bonds. The Morgan fingerprint density at radius 2 is 0.865 bits per heavy atom. The van der Waals surface area contributed by atoms with Crippen LogP contribution in [0.3, 0.4) is 0 Å². The molecule has 0 bridgehead atoms. The predicted molar refractivity (Wildman–Crippen MR) is 215 cm³/mol. The molecule has 0 spiro atoms. The third-order valence-corrected chi connectivity index (χ3v) is 7.85. The number of unbranched alkanes of at least 4 members (excludes halogenated alkanes) is 14. The van der Waals surface area contributed by atoms with Gasteiger partial charge in [0.05, 0.1) is 6.61 Å². The van der Waals surface area contributed by atoms with E-state index in [1.165, 1.54) is 108 Å². The highest BCUT2D eigenvalue weighted by atomic mass is 31.2. The Morgan fingerprint density at radius 1 is 0.500 bits per heavy atom. The van der Waals surface area contributed by atoms with Crippen LogP contribution in [0.15, 0.2) is 122 Å². The molecule has 0 aliphatic carbocycles. The Balaban J connectivity index is 4.45. The zero-order valence-corrected chi connectivity index (χ0v) is 32.5. The van der Waals surface area contributed by atoms with Crippen LogP contribution in [0, 0.1) is 0 Å². The van der Waals surface area contributed by atoms with Gasteiger partial charge in [0.25, 0.3) is 0 Å². The lowest BCUT2D eigenvalue weighted by Crippen LogP contribution is -2.28. The van der Waals surface area contributed by atoms with Crippen LogP contribution < -0.4 is 0 Å². The molecule has 0 aliphatic heterocycles. The standard InChI is InChI=1S/C43H65O8P/c1-3-5-7-9-11-13-15-17-19-21-23-25-27-29-31-33-35-37-42(44)49-39-41(40-50-52(46,47)48)51-43(45)38-36-34-32-30-28-26-24-22-20-18-16-14-12-10-8-6-4-2/h19-38,41H,3-18,39-40H2,1-2H3,(H2,46,47,48)/b21-19+,22-20+,25-23+,26-24+,29-27+,30-28+,33-31+,34-32+,37-35+,38-36+. The van der Waals surface area contributed by atoms with Crippen molar-refractivity contribution in [3.05, 3.63) is 122 Å². The summed E-state index contributed by atoms with van der Waals surface area (Å²) in [6.45, 7) is 3.35. The summed E-state index contributed by atoms with van der Waals surface area (Å²) in [7, 11) is -4.83. The summed E-state index contributed by atoms with van der Waals surface area (Å²) in [6, 6.07) is 0. The maximum atomic E-state index is 12.2. The lowest BCUT2D eigenvalue weighted by molar-refractivity contribution is -0.154. The van der Waals surface area contributed by atoms with Gasteiger partial charge >= 0.3 is 19.8 Å². The molecule has 8 nitrogen and oxygen atoms in total. The van der Waals surface area contributed by atoms with Gasteiger partial charge in [0.15, 0.2) is 6.10 Å². The largest absolute Gasteiger partial charge is 0.469 e. The zero-order chi connectivity index (χ0) is 38.2. The van der Waals surface area contributed by atoms with Gasteiger partial charge in [-0.2, -0.15) is 0 Å². The van der Waals surface area contributed by atoms with Gasteiger partial charge in [-0.1, -0.05) is 200 Å². The molecular weight excluding hydrogens is 675 g/mol. The summed E-state index contributed by atoms with van der Waals surface area (Å²) in [4.78, 5) is 42.4. The molecule has 0 fully saturated rings. The molecule has 2 N–H and O–H groups in total. The number of carbonyl (C=O) groups excluding carboxylic acids is 2. The molecule has 9 heteroatoms. The summed E-state index contributed by atoms with van der Waals surface area (Å²) in [5.41, 5.74) is 0. The fourth-order valence-electron chi connectivity index (χ4n) is 4.55. The van der Waals surface area contributed by atoms with Crippen LogP contribution in [0.4, 0.5) is 0 Å². The highest BCUT2D eigenvalue weighted by Crippen LogP contribution is 2.35. The van der Waals surface area contributed by atoms with Crippen LogP contribution in [-0.4, -0.2) is 41.0 Å². The van der Waals surface area contributed by atoms with Crippen molar-refractivity contribution >= 4 is 19.8 Å². The number of rotatable bonds is 32. The Kier molecular flexibility index (Phi) is 34.7. The van der Waals surface area contributed by atoms with Crippen LogP contribution in [0.25, 0.3) is 0 Å². The van der Waals surface area contributed by atoms with Crippen LogP contribution in [0.2, 0.25) is 0 Å². The Morgan fingerprint density at radius 3 is 1.29 bits per heavy atom. The molecule has 0 saturated carbocycles. The van der Waals surface area contributed by atoms with E-state index in [0.29, 0.717) is 0 Å². The number of allylic oxidation sites excluding steroid dienone is 18. The minimum absolute atomic E-state index is 0.456. The summed E-state index contributed by atoms with van der Waals surface area (Å²) in [6.07, 6.45) is 54.8. The number of hydrogen-bond donors (Lipinski definition) is 2. The van der Waals surface area contributed by atoms with Gasteiger partial charge in [-0.15, -0.1) is 0 Å². The minimum Gasteiger partial charge on any atom is -0.458 e. The van der Waals surface area contributed by atoms with Crippen molar-refractivity contribution in [3.63, 3.8) is 0 Å². The maximum absolute atomic E-state index is 12.2. The third kappa shape index (κ3) is 39.2. The van der Waals surface area contributed by atoms with E-state index >= 15 is 0 Å². The predicted octanol–water partition coefficient (Wildman–Crippen LogP) is 11.4. The van der Waals surface area contributed by atoms with Gasteiger partial charge in [0.1, 0.15) is 6.61 Å². The first kappa shape index (κ1) is 48.5. The normalized spacial score (nSPS) is 13.8. The first-order valence-electron chi connectivity index (χ1n) is 19.0. The van der Waals surface area contributed by atoms with Gasteiger partial charge in [-0.3, -0.25) is 4.52 Å². The lowest BCUT2D eigenvalue weighted by Gasteiger charge is -2.17. The molecule has 0 aromatic carbocycles. The van der Waals surface area contributed by atoms with Crippen molar-refractivity contribution in [1.29, 1.82) is 0 Å². The zero-order valence-electron chi connectivity index (χ0n) is 31.6. The number of carbonyl (C=O) groups is 2. The summed E-state index contributed by atoms with van der Waals surface area (Å²) >= 11 is 0. The van der Waals surface area contributed by atoms with Gasteiger partial charge in [-0.05, 0) is 25.7 Å². The molecule has 0 heterocycles. The monoisotopic (exact) mass is 740 g/mol. The topological polar surface area (TPSA) is 119 Å². The highest BCUT2D eigenvalue weighted by Gasteiger charge is 2.22. The molecule has 1 unspecified atom stereocenters. The van der Waals surface area contributed by atoms with Crippen LogP contribution in [0.1, 0.15) is 117 Å². The van der Waals surface area contributed by atoms with E-state index in [-0.39, 0.29) is 0 Å². The molecule has 0 rings (SSSR count). The first-order chi connectivity index (χ1) is 25.3. The van der Waals surface area contributed by atoms with Gasteiger partial charge in [-0.25, -0.2) is 14.2 Å². The average Bonchev–Trinajstić information content (AvgIpc) is 3.11. The van der Waals surface area contributed by atoms with Gasteiger partial charge in [0.2, 0.25) is 0 Å².